The summed E-state index contributed by atoms with van der Waals surface area (Å²) in [6.45, 7) is 0.349. The van der Waals surface area contributed by atoms with Crippen molar-refractivity contribution in [2.24, 2.45) is 0 Å². The molecule has 0 fully saturated rings. The number of nitrogens with zero attached hydrogens (tertiary/aromatic N) is 1. The molecule has 0 spiro atoms. The number of nitro benzene ring substituents is 1. The van der Waals surface area contributed by atoms with Gasteiger partial charge < -0.3 is 10.1 Å². The van der Waals surface area contributed by atoms with E-state index in [1.54, 1.807) is 0 Å². The number of carbonyl (C=O) groups excluding carboxylic acids is 1. The van der Waals surface area contributed by atoms with Gasteiger partial charge in [-0.05, 0) is 12.1 Å². The molecule has 1 aromatic carbocycles. The molecule has 0 aliphatic carbocycles. The van der Waals surface area contributed by atoms with Crippen molar-refractivity contribution in [2.45, 2.75) is 13.3 Å². The average Bonchev–Trinajstić information content (AvgIpc) is 2.26. The van der Waals surface area contributed by atoms with Crippen LogP contribution in [0.2, 0.25) is 0 Å². The molecule has 1 amide bonds. The number of alkyl halides is 2. The van der Waals surface area contributed by atoms with Crippen LogP contribution in [0.4, 0.5) is 20.2 Å². The van der Waals surface area contributed by atoms with Crippen molar-refractivity contribution in [3.05, 3.63) is 28.3 Å². The molecule has 1 N–H and O–H groups in total. The maximum atomic E-state index is 11.9. The number of benzene rings is 1. The first-order valence-corrected chi connectivity index (χ1v) is 4.87. The normalized spacial score (nSPS) is 10.2. The molecule has 0 unspecified atom stereocenters. The van der Waals surface area contributed by atoms with E-state index < -0.39 is 29.6 Å². The second kappa shape index (κ2) is 5.89. The maximum Gasteiger partial charge on any atom is 0.296 e. The number of anilines is 1. The summed E-state index contributed by atoms with van der Waals surface area (Å²) in [5, 5.41) is 13.0. The van der Waals surface area contributed by atoms with Crippen LogP contribution < -0.4 is 10.1 Å². The van der Waals surface area contributed by atoms with E-state index in [-0.39, 0.29) is 11.4 Å². The Morgan fingerprint density at radius 3 is 2.72 bits per heavy atom. The summed E-state index contributed by atoms with van der Waals surface area (Å²) in [6.07, 6.45) is -2.67. The van der Waals surface area contributed by atoms with Gasteiger partial charge in [0.15, 0.2) is 0 Å². The van der Waals surface area contributed by atoms with Crippen LogP contribution in [0, 0.1) is 10.1 Å². The second-order valence-electron chi connectivity index (χ2n) is 3.32. The zero-order chi connectivity index (χ0) is 13.7. The summed E-state index contributed by atoms with van der Waals surface area (Å²) in [4.78, 5) is 20.8. The number of amides is 1. The summed E-state index contributed by atoms with van der Waals surface area (Å²) in [5.41, 5.74) is -0.436. The van der Waals surface area contributed by atoms with Crippen LogP contribution in [0.1, 0.15) is 6.92 Å². The van der Waals surface area contributed by atoms with Gasteiger partial charge in [-0.15, -0.1) is 0 Å². The van der Waals surface area contributed by atoms with Crippen LogP contribution in [0.3, 0.4) is 0 Å². The lowest BCUT2D eigenvalue weighted by Crippen LogP contribution is -2.09. The minimum absolute atomic E-state index is 0.0168. The van der Waals surface area contributed by atoms with E-state index in [0.717, 1.165) is 6.07 Å². The summed E-state index contributed by atoms with van der Waals surface area (Å²) in [7, 11) is 0. The molecule has 98 valence electrons. The second-order valence-corrected chi connectivity index (χ2v) is 3.32. The Kier molecular flexibility index (Phi) is 4.52. The van der Waals surface area contributed by atoms with Crippen LogP contribution in [-0.4, -0.2) is 23.9 Å². The molecule has 0 radical (unpaired) electrons. The maximum absolute atomic E-state index is 11.9. The summed E-state index contributed by atoms with van der Waals surface area (Å²) >= 11 is 0. The van der Waals surface area contributed by atoms with Crippen molar-refractivity contribution in [3.63, 3.8) is 0 Å². The van der Waals surface area contributed by atoms with E-state index in [2.05, 4.69) is 10.1 Å². The fourth-order valence-corrected chi connectivity index (χ4v) is 1.21. The Balaban J connectivity index is 2.96. The predicted molar refractivity (Wildman–Crippen MR) is 58.9 cm³/mol. The molecule has 18 heavy (non-hydrogen) atoms. The number of ether oxygens (including phenoxy) is 1. The molecule has 1 rings (SSSR count). The minimum atomic E-state index is -2.67. The quantitative estimate of drug-likeness (QED) is 0.650. The van der Waals surface area contributed by atoms with Crippen molar-refractivity contribution in [3.8, 4) is 5.75 Å². The highest BCUT2D eigenvalue weighted by Crippen LogP contribution is 2.29. The number of nitro groups is 1. The number of hydrogen-bond acceptors (Lipinski definition) is 4. The zero-order valence-electron chi connectivity index (χ0n) is 9.35. The van der Waals surface area contributed by atoms with Crippen molar-refractivity contribution in [1.82, 2.24) is 0 Å². The van der Waals surface area contributed by atoms with E-state index >= 15 is 0 Å². The van der Waals surface area contributed by atoms with Gasteiger partial charge in [-0.2, -0.15) is 0 Å². The van der Waals surface area contributed by atoms with E-state index in [1.807, 2.05) is 0 Å². The van der Waals surface area contributed by atoms with E-state index in [1.165, 1.54) is 19.1 Å². The largest absolute Gasteiger partial charge is 0.487 e. The Morgan fingerprint density at radius 1 is 1.56 bits per heavy atom. The van der Waals surface area contributed by atoms with Crippen molar-refractivity contribution in [1.29, 1.82) is 0 Å². The lowest BCUT2D eigenvalue weighted by molar-refractivity contribution is -0.384. The van der Waals surface area contributed by atoms with Gasteiger partial charge >= 0.3 is 0 Å². The van der Waals surface area contributed by atoms with Gasteiger partial charge in [-0.1, -0.05) is 0 Å². The van der Waals surface area contributed by atoms with Crippen molar-refractivity contribution >= 4 is 17.3 Å². The van der Waals surface area contributed by atoms with Crippen LogP contribution in [0.15, 0.2) is 18.2 Å². The van der Waals surface area contributed by atoms with Crippen molar-refractivity contribution in [2.75, 3.05) is 11.9 Å². The van der Waals surface area contributed by atoms with Gasteiger partial charge in [0.2, 0.25) is 5.91 Å². The SMILES string of the molecule is CC(=O)Nc1ccc(OCC(F)F)cc1[N+](=O)[O-]. The average molecular weight is 260 g/mol. The molecule has 0 heterocycles. The van der Waals surface area contributed by atoms with E-state index in [0.29, 0.717) is 0 Å². The summed E-state index contributed by atoms with van der Waals surface area (Å²) in [5.74, 6) is -0.532. The molecule has 0 aromatic heterocycles. The molecular formula is C10H10F2N2O4. The third-order valence-electron chi connectivity index (χ3n) is 1.85. The van der Waals surface area contributed by atoms with E-state index in [9.17, 15) is 23.7 Å². The molecule has 8 heteroatoms. The molecule has 0 aliphatic rings. The molecule has 0 aliphatic heterocycles. The molecule has 1 aromatic rings. The number of hydrogen-bond donors (Lipinski definition) is 1. The van der Waals surface area contributed by atoms with Crippen LogP contribution in [0.5, 0.6) is 5.75 Å². The Labute approximate surface area is 101 Å². The van der Waals surface area contributed by atoms with Crippen LogP contribution in [0.25, 0.3) is 0 Å². The van der Waals surface area contributed by atoms with Gasteiger partial charge in [0, 0.05) is 6.92 Å². The Hall–Kier alpha value is -2.25. The number of nitrogens with one attached hydrogen (secondary N) is 1. The van der Waals surface area contributed by atoms with Gasteiger partial charge in [0.05, 0.1) is 11.0 Å². The number of rotatable bonds is 5. The summed E-state index contributed by atoms with van der Waals surface area (Å²) in [6, 6.07) is 3.47. The lowest BCUT2D eigenvalue weighted by Gasteiger charge is -2.07. The molecule has 0 saturated heterocycles. The fourth-order valence-electron chi connectivity index (χ4n) is 1.21. The first-order chi connectivity index (χ1) is 8.40. The van der Waals surface area contributed by atoms with Crippen LogP contribution >= 0.6 is 0 Å². The van der Waals surface area contributed by atoms with Gasteiger partial charge in [0.1, 0.15) is 18.0 Å². The highest BCUT2D eigenvalue weighted by atomic mass is 19.3. The Morgan fingerprint density at radius 2 is 2.22 bits per heavy atom. The van der Waals surface area contributed by atoms with Gasteiger partial charge in [0.25, 0.3) is 12.1 Å². The predicted octanol–water partition coefficient (Wildman–Crippen LogP) is 2.20. The highest BCUT2D eigenvalue weighted by Gasteiger charge is 2.16. The third kappa shape index (κ3) is 3.96. The first-order valence-electron chi connectivity index (χ1n) is 4.87. The molecule has 0 saturated carbocycles. The van der Waals surface area contributed by atoms with Gasteiger partial charge in [-0.3, -0.25) is 14.9 Å². The molecule has 6 nitrogen and oxygen atoms in total. The summed E-state index contributed by atoms with van der Waals surface area (Å²) < 4.78 is 28.5. The Bertz CT molecular complexity index is 465. The smallest absolute Gasteiger partial charge is 0.296 e. The highest BCUT2D eigenvalue weighted by molar-refractivity contribution is 5.91. The molecular weight excluding hydrogens is 250 g/mol. The molecule has 0 atom stereocenters. The van der Waals surface area contributed by atoms with Crippen molar-refractivity contribution < 1.29 is 23.2 Å². The zero-order valence-corrected chi connectivity index (χ0v) is 9.35. The first kappa shape index (κ1) is 13.8. The standard InChI is InChI=1S/C10H10F2N2O4/c1-6(15)13-8-3-2-7(18-5-10(11)12)4-9(8)14(16)17/h2-4,10H,5H2,1H3,(H,13,15). The number of halogens is 2. The topological polar surface area (TPSA) is 81.5 Å². The van der Waals surface area contributed by atoms with Gasteiger partial charge in [-0.25, -0.2) is 8.78 Å². The number of carbonyl (C=O) groups is 1. The van der Waals surface area contributed by atoms with E-state index in [4.69, 9.17) is 0 Å². The molecule has 0 bridgehead atoms. The lowest BCUT2D eigenvalue weighted by atomic mass is 10.2. The monoisotopic (exact) mass is 260 g/mol. The van der Waals surface area contributed by atoms with Crippen LogP contribution in [-0.2, 0) is 4.79 Å². The fraction of sp³-hybridized carbons (Fsp3) is 0.300. The third-order valence-corrected chi connectivity index (χ3v) is 1.85. The minimum Gasteiger partial charge on any atom is -0.487 e.